The molecule has 0 saturated heterocycles. The second-order valence-electron chi connectivity index (χ2n) is 2.87. The van der Waals surface area contributed by atoms with Crippen molar-refractivity contribution in [2.75, 3.05) is 6.61 Å². The van der Waals surface area contributed by atoms with E-state index >= 15 is 0 Å². The first-order valence-electron chi connectivity index (χ1n) is 4.65. The van der Waals surface area contributed by atoms with E-state index in [1.807, 2.05) is 6.92 Å². The fraction of sp³-hybridized carbons (Fsp3) is 0.273. The molecule has 1 rings (SSSR count). The molecule has 1 nitrogen and oxygen atoms in total. The van der Waals surface area contributed by atoms with Gasteiger partial charge in [0.25, 0.3) is 0 Å². The summed E-state index contributed by atoms with van der Waals surface area (Å²) >= 11 is 1.01. The van der Waals surface area contributed by atoms with Crippen molar-refractivity contribution in [1.29, 1.82) is 0 Å². The van der Waals surface area contributed by atoms with Crippen molar-refractivity contribution in [3.8, 4) is 5.75 Å². The molecule has 0 unspecified atom stereocenters. The lowest BCUT2D eigenvalue weighted by molar-refractivity contribution is -0.0796. The number of alkyl halides is 3. The quantitative estimate of drug-likeness (QED) is 0.736. The van der Waals surface area contributed by atoms with Crippen molar-refractivity contribution in [3.63, 3.8) is 0 Å². The van der Waals surface area contributed by atoms with E-state index in [0.717, 1.165) is 17.2 Å². The predicted molar refractivity (Wildman–Crippen MR) is 58.7 cm³/mol. The largest absolute Gasteiger partial charge is 0.494 e. The number of allylic oxidation sites excluding steroid dienone is 1. The number of hydrogen-bond donors (Lipinski definition) is 0. The normalized spacial score (nSPS) is 12.0. The van der Waals surface area contributed by atoms with Crippen molar-refractivity contribution in [1.82, 2.24) is 0 Å². The molecule has 0 spiro atoms. The van der Waals surface area contributed by atoms with E-state index in [2.05, 4.69) is 0 Å². The van der Waals surface area contributed by atoms with E-state index in [1.165, 1.54) is 0 Å². The summed E-state index contributed by atoms with van der Waals surface area (Å²) in [5, 5.41) is 1.02. The summed E-state index contributed by atoms with van der Waals surface area (Å²) in [5.74, 6) is 0.660. The smallest absolute Gasteiger partial charge is 0.410 e. The highest BCUT2D eigenvalue weighted by Crippen LogP contribution is 2.26. The number of hydrogen-bond acceptors (Lipinski definition) is 2. The van der Waals surface area contributed by atoms with E-state index < -0.39 is 6.18 Å². The van der Waals surface area contributed by atoms with Crippen molar-refractivity contribution in [2.45, 2.75) is 18.0 Å². The van der Waals surface area contributed by atoms with Crippen LogP contribution in [-0.2, 0) is 0 Å². The van der Waals surface area contributed by atoms with Gasteiger partial charge in [-0.1, -0.05) is 17.8 Å². The molecule has 0 amide bonds. The molecule has 1 aromatic rings. The molecule has 0 N–H and O–H groups in total. The van der Waals surface area contributed by atoms with Gasteiger partial charge in [0.05, 0.1) is 6.61 Å². The lowest BCUT2D eigenvalue weighted by atomic mass is 10.3. The minimum Gasteiger partial charge on any atom is -0.494 e. The van der Waals surface area contributed by atoms with Crippen LogP contribution in [0.4, 0.5) is 13.2 Å². The Morgan fingerprint density at radius 3 is 2.75 bits per heavy atom. The third-order valence-electron chi connectivity index (χ3n) is 1.58. The molecule has 0 fully saturated rings. The molecule has 0 saturated carbocycles. The maximum absolute atomic E-state index is 11.8. The molecular formula is C11H11F3OS. The summed E-state index contributed by atoms with van der Waals surface area (Å²) in [6.07, 6.45) is -4.05. The summed E-state index contributed by atoms with van der Waals surface area (Å²) < 4.78 is 40.7. The van der Waals surface area contributed by atoms with E-state index in [0.29, 0.717) is 17.3 Å². The predicted octanol–water partition coefficient (Wildman–Crippen LogP) is 4.25. The third-order valence-corrected chi connectivity index (χ3v) is 2.38. The van der Waals surface area contributed by atoms with Crippen LogP contribution in [0.25, 0.3) is 0 Å². The van der Waals surface area contributed by atoms with Crippen molar-refractivity contribution in [3.05, 3.63) is 35.7 Å². The van der Waals surface area contributed by atoms with Gasteiger partial charge in [0.1, 0.15) is 5.75 Å². The number of thioether (sulfide) groups is 1. The Bertz CT molecular complexity index is 360. The molecule has 0 radical (unpaired) electrons. The first-order chi connectivity index (χ1) is 7.51. The molecule has 0 atom stereocenters. The first kappa shape index (κ1) is 13.0. The summed E-state index contributed by atoms with van der Waals surface area (Å²) in [5.41, 5.74) is 0. The average Bonchev–Trinajstić information content (AvgIpc) is 2.17. The number of ether oxygens (including phenoxy) is 1. The Balaban J connectivity index is 2.60. The standard InChI is InChI=1S/C11H11F3OS/c1-2-15-9-4-3-5-10(8-9)16-7-6-11(12,13)14/h3-8H,2H2,1H3/b7-6+. The molecular weight excluding hydrogens is 237 g/mol. The summed E-state index contributed by atoms with van der Waals surface area (Å²) in [6, 6.07) is 6.94. The fourth-order valence-corrected chi connectivity index (χ4v) is 1.71. The van der Waals surface area contributed by atoms with Crippen molar-refractivity contribution >= 4 is 11.8 Å². The molecule has 0 bridgehead atoms. The average molecular weight is 248 g/mol. The molecule has 0 aromatic heterocycles. The molecule has 88 valence electrons. The second kappa shape index (κ2) is 5.84. The van der Waals surface area contributed by atoms with Gasteiger partial charge in [-0.15, -0.1) is 0 Å². The number of benzene rings is 1. The maximum Gasteiger partial charge on any atom is 0.410 e. The Labute approximate surface area is 96.3 Å². The Morgan fingerprint density at radius 2 is 2.12 bits per heavy atom. The summed E-state index contributed by atoms with van der Waals surface area (Å²) in [4.78, 5) is 0.714. The summed E-state index contributed by atoms with van der Waals surface area (Å²) in [6.45, 7) is 2.38. The van der Waals surface area contributed by atoms with Gasteiger partial charge >= 0.3 is 6.18 Å². The summed E-state index contributed by atoms with van der Waals surface area (Å²) in [7, 11) is 0. The second-order valence-corrected chi connectivity index (χ2v) is 3.85. The van der Waals surface area contributed by atoms with Crippen molar-refractivity contribution < 1.29 is 17.9 Å². The highest BCUT2D eigenvalue weighted by Gasteiger charge is 2.21. The molecule has 0 aliphatic carbocycles. The molecule has 5 heteroatoms. The van der Waals surface area contributed by atoms with E-state index in [-0.39, 0.29) is 6.08 Å². The first-order valence-corrected chi connectivity index (χ1v) is 5.53. The van der Waals surface area contributed by atoms with E-state index in [4.69, 9.17) is 4.74 Å². The minimum atomic E-state index is -4.26. The highest BCUT2D eigenvalue weighted by molar-refractivity contribution is 8.02. The zero-order valence-corrected chi connectivity index (χ0v) is 9.44. The van der Waals surface area contributed by atoms with Gasteiger partial charge in [-0.25, -0.2) is 0 Å². The van der Waals surface area contributed by atoms with Gasteiger partial charge in [0.15, 0.2) is 0 Å². The lowest BCUT2D eigenvalue weighted by Crippen LogP contribution is -1.99. The Hall–Kier alpha value is -1.10. The van der Waals surface area contributed by atoms with Gasteiger partial charge in [0, 0.05) is 11.0 Å². The highest BCUT2D eigenvalue weighted by atomic mass is 32.2. The molecule has 0 aliphatic heterocycles. The molecule has 1 aromatic carbocycles. The van der Waals surface area contributed by atoms with Gasteiger partial charge in [-0.2, -0.15) is 13.2 Å². The third kappa shape index (κ3) is 5.11. The molecule has 0 heterocycles. The monoisotopic (exact) mass is 248 g/mol. The minimum absolute atomic E-state index is 0.213. The van der Waals surface area contributed by atoms with E-state index in [9.17, 15) is 13.2 Å². The van der Waals surface area contributed by atoms with E-state index in [1.54, 1.807) is 24.3 Å². The Morgan fingerprint density at radius 1 is 1.38 bits per heavy atom. The fourth-order valence-electron chi connectivity index (χ4n) is 0.994. The van der Waals surface area contributed by atoms with Crippen LogP contribution in [0.1, 0.15) is 6.92 Å². The van der Waals surface area contributed by atoms with Gasteiger partial charge in [-0.3, -0.25) is 0 Å². The zero-order chi connectivity index (χ0) is 12.0. The van der Waals surface area contributed by atoms with Crippen LogP contribution in [0.5, 0.6) is 5.75 Å². The molecule has 16 heavy (non-hydrogen) atoms. The zero-order valence-electron chi connectivity index (χ0n) is 8.62. The van der Waals surface area contributed by atoms with Crippen LogP contribution >= 0.6 is 11.8 Å². The van der Waals surface area contributed by atoms with Crippen LogP contribution in [0.15, 0.2) is 40.6 Å². The van der Waals surface area contributed by atoms with Gasteiger partial charge < -0.3 is 4.74 Å². The number of rotatable bonds is 4. The lowest BCUT2D eigenvalue weighted by Gasteiger charge is -2.04. The SMILES string of the molecule is CCOc1cccc(S/C=C/C(F)(F)F)c1. The Kier molecular flexibility index (Phi) is 4.73. The maximum atomic E-state index is 11.8. The van der Waals surface area contributed by atoms with Crippen LogP contribution in [0, 0.1) is 0 Å². The molecule has 0 aliphatic rings. The number of halogens is 3. The topological polar surface area (TPSA) is 9.23 Å². The van der Waals surface area contributed by atoms with Gasteiger partial charge in [0.2, 0.25) is 0 Å². The van der Waals surface area contributed by atoms with Crippen molar-refractivity contribution in [2.24, 2.45) is 0 Å². The van der Waals surface area contributed by atoms with Crippen LogP contribution in [0.2, 0.25) is 0 Å². The van der Waals surface area contributed by atoms with Crippen LogP contribution < -0.4 is 4.74 Å². The van der Waals surface area contributed by atoms with Crippen LogP contribution in [0.3, 0.4) is 0 Å². The van der Waals surface area contributed by atoms with Gasteiger partial charge in [-0.05, 0) is 30.5 Å². The van der Waals surface area contributed by atoms with Crippen LogP contribution in [-0.4, -0.2) is 12.8 Å².